The normalized spacial score (nSPS) is 30.4. The summed E-state index contributed by atoms with van der Waals surface area (Å²) in [7, 11) is 0. The zero-order valence-electron chi connectivity index (χ0n) is 18.9. The number of carbonyl (C=O) groups is 1. The van der Waals surface area contributed by atoms with Gasteiger partial charge in [-0.25, -0.2) is 0 Å². The second-order valence-corrected chi connectivity index (χ2v) is 9.93. The van der Waals surface area contributed by atoms with Gasteiger partial charge < -0.3 is 9.84 Å². The van der Waals surface area contributed by atoms with Crippen molar-refractivity contribution in [1.29, 1.82) is 0 Å². The van der Waals surface area contributed by atoms with Gasteiger partial charge in [-0.15, -0.1) is 6.58 Å². The van der Waals surface area contributed by atoms with Gasteiger partial charge in [-0.1, -0.05) is 61.9 Å². The summed E-state index contributed by atoms with van der Waals surface area (Å²) in [6, 6.07) is 6.28. The summed E-state index contributed by atoms with van der Waals surface area (Å²) in [5.41, 5.74) is 3.68. The van der Waals surface area contributed by atoms with E-state index in [1.165, 1.54) is 16.7 Å². The van der Waals surface area contributed by atoms with Gasteiger partial charge in [0.2, 0.25) is 0 Å². The number of benzene rings is 1. The average Bonchev–Trinajstić information content (AvgIpc) is 2.90. The van der Waals surface area contributed by atoms with Crippen LogP contribution in [0, 0.1) is 23.7 Å². The van der Waals surface area contributed by atoms with Crippen molar-refractivity contribution < 1.29 is 14.6 Å². The highest BCUT2D eigenvalue weighted by Gasteiger charge is 2.54. The fourth-order valence-corrected chi connectivity index (χ4v) is 5.14. The molecule has 31 heavy (non-hydrogen) atoms. The molecule has 3 atom stereocenters. The number of ether oxygens (including phenoxy) is 1. The first-order valence-corrected chi connectivity index (χ1v) is 11.1. The third-order valence-corrected chi connectivity index (χ3v) is 7.40. The molecule has 3 nitrogen and oxygen atoms in total. The smallest absolute Gasteiger partial charge is 0.303 e. The lowest BCUT2D eigenvalue weighted by Crippen LogP contribution is -2.54. The molecule has 162 valence electrons. The lowest BCUT2D eigenvalue weighted by molar-refractivity contribution is -0.137. The minimum atomic E-state index is -0.758. The maximum Gasteiger partial charge on any atom is 0.303 e. The number of hydrogen-bond acceptors (Lipinski definition) is 2. The average molecular weight is 417 g/mol. The molecule has 4 rings (SSSR count). The van der Waals surface area contributed by atoms with E-state index in [0.717, 1.165) is 17.7 Å². The third-order valence-electron chi connectivity index (χ3n) is 7.40. The van der Waals surface area contributed by atoms with Crippen molar-refractivity contribution in [3.8, 4) is 5.75 Å². The largest absolute Gasteiger partial charge is 0.482 e. The summed E-state index contributed by atoms with van der Waals surface area (Å²) < 4.78 is 6.79. The van der Waals surface area contributed by atoms with Gasteiger partial charge in [-0.2, -0.15) is 0 Å². The zero-order chi connectivity index (χ0) is 22.4. The Balaban J connectivity index is 1.84. The van der Waals surface area contributed by atoms with E-state index < -0.39 is 11.6 Å². The fraction of sp³-hybridized carbons (Fsp3) is 0.393. The number of carboxylic acid groups (broad SMARTS) is 1. The molecule has 1 spiro atoms. The molecular weight excluding hydrogens is 384 g/mol. The SMILES string of the molecule is C=CC1(C)C=CC2=C(C=C1)C(C)(C)C1(C=Cc3cc(C)ccc3O1)CC2CCC(=O)O. The first kappa shape index (κ1) is 21.4. The molecule has 0 amide bonds. The van der Waals surface area contributed by atoms with E-state index in [0.29, 0.717) is 6.42 Å². The molecule has 3 aliphatic rings. The van der Waals surface area contributed by atoms with Gasteiger partial charge >= 0.3 is 5.97 Å². The van der Waals surface area contributed by atoms with Gasteiger partial charge in [-0.05, 0) is 62.0 Å². The Morgan fingerprint density at radius 2 is 1.94 bits per heavy atom. The topological polar surface area (TPSA) is 46.5 Å². The zero-order valence-corrected chi connectivity index (χ0v) is 18.9. The van der Waals surface area contributed by atoms with E-state index in [-0.39, 0.29) is 23.2 Å². The van der Waals surface area contributed by atoms with Crippen molar-refractivity contribution in [2.45, 2.75) is 52.6 Å². The summed E-state index contributed by atoms with van der Waals surface area (Å²) in [5.74, 6) is 0.237. The van der Waals surface area contributed by atoms with Crippen LogP contribution in [-0.4, -0.2) is 16.7 Å². The summed E-state index contributed by atoms with van der Waals surface area (Å²) in [6.45, 7) is 12.7. The van der Waals surface area contributed by atoms with E-state index in [9.17, 15) is 9.90 Å². The minimum Gasteiger partial charge on any atom is -0.482 e. The van der Waals surface area contributed by atoms with Gasteiger partial charge in [-0.3, -0.25) is 4.79 Å². The molecule has 0 fully saturated rings. The summed E-state index contributed by atoms with van der Waals surface area (Å²) in [6.07, 6.45) is 16.6. The molecule has 0 saturated heterocycles. The van der Waals surface area contributed by atoms with Crippen molar-refractivity contribution >= 4 is 12.0 Å². The monoisotopic (exact) mass is 416 g/mol. The molecule has 1 aromatic carbocycles. The molecule has 1 N–H and O–H groups in total. The second kappa shape index (κ2) is 7.40. The molecule has 2 aliphatic carbocycles. The standard InChI is InChI=1S/C28H32O3/c1-6-27(5)14-12-22-21(8-10-25(29)30)18-28(26(3,4)23(22)13-15-27)16-11-20-17-19(2)7-9-24(20)31-28/h6-7,9,11-17,21H,1,8,10,18H2,2-5H3,(H,29,30). The summed E-state index contributed by atoms with van der Waals surface area (Å²) in [5, 5.41) is 9.37. The quantitative estimate of drug-likeness (QED) is 0.558. The number of aryl methyl sites for hydroxylation is 1. The van der Waals surface area contributed by atoms with Crippen LogP contribution in [0.25, 0.3) is 6.08 Å². The van der Waals surface area contributed by atoms with Gasteiger partial charge in [0.15, 0.2) is 0 Å². The Bertz CT molecular complexity index is 1050. The molecule has 1 heterocycles. The maximum atomic E-state index is 11.4. The molecule has 0 saturated carbocycles. The first-order valence-electron chi connectivity index (χ1n) is 11.1. The number of aliphatic carboxylic acids is 1. The van der Waals surface area contributed by atoms with Gasteiger partial charge in [0.05, 0.1) is 0 Å². The second-order valence-electron chi connectivity index (χ2n) is 9.93. The van der Waals surface area contributed by atoms with Crippen molar-refractivity contribution in [3.63, 3.8) is 0 Å². The van der Waals surface area contributed by atoms with E-state index >= 15 is 0 Å². The number of hydrogen-bond donors (Lipinski definition) is 1. The van der Waals surface area contributed by atoms with Crippen molar-refractivity contribution in [2.75, 3.05) is 0 Å². The van der Waals surface area contributed by atoms with E-state index in [2.05, 4.69) is 88.9 Å². The van der Waals surface area contributed by atoms with E-state index in [1.54, 1.807) is 0 Å². The van der Waals surface area contributed by atoms with E-state index in [1.807, 2.05) is 6.08 Å². The van der Waals surface area contributed by atoms with Crippen molar-refractivity contribution in [2.24, 2.45) is 16.7 Å². The highest BCUT2D eigenvalue weighted by atomic mass is 16.5. The van der Waals surface area contributed by atoms with Crippen LogP contribution in [0.4, 0.5) is 0 Å². The highest BCUT2D eigenvalue weighted by molar-refractivity contribution is 5.67. The summed E-state index contributed by atoms with van der Waals surface area (Å²) >= 11 is 0. The summed E-state index contributed by atoms with van der Waals surface area (Å²) in [4.78, 5) is 11.4. The number of fused-ring (bicyclic) bond motifs is 1. The predicted molar refractivity (Wildman–Crippen MR) is 126 cm³/mol. The van der Waals surface area contributed by atoms with Crippen molar-refractivity contribution in [1.82, 2.24) is 0 Å². The first-order chi connectivity index (χ1) is 14.6. The van der Waals surface area contributed by atoms with Gasteiger partial charge in [0.1, 0.15) is 11.4 Å². The van der Waals surface area contributed by atoms with Crippen LogP contribution in [0.5, 0.6) is 5.75 Å². The molecule has 1 aromatic rings. The molecule has 3 heteroatoms. The Morgan fingerprint density at radius 3 is 2.65 bits per heavy atom. The number of rotatable bonds is 4. The Hall–Kier alpha value is -2.81. The van der Waals surface area contributed by atoms with Gasteiger partial charge in [0, 0.05) is 22.8 Å². The van der Waals surface area contributed by atoms with Crippen LogP contribution in [0.2, 0.25) is 0 Å². The molecular formula is C28H32O3. The van der Waals surface area contributed by atoms with Crippen molar-refractivity contribution in [3.05, 3.63) is 83.5 Å². The maximum absolute atomic E-state index is 11.4. The lowest BCUT2D eigenvalue weighted by atomic mass is 9.58. The van der Waals surface area contributed by atoms with Crippen LogP contribution >= 0.6 is 0 Å². The molecule has 3 unspecified atom stereocenters. The van der Waals surface area contributed by atoms with Crippen LogP contribution in [-0.2, 0) is 4.79 Å². The lowest BCUT2D eigenvalue weighted by Gasteiger charge is -2.53. The van der Waals surface area contributed by atoms with Crippen LogP contribution in [0.1, 0.15) is 51.2 Å². The van der Waals surface area contributed by atoms with Crippen LogP contribution in [0.15, 0.2) is 72.4 Å². The molecule has 0 aromatic heterocycles. The molecule has 0 bridgehead atoms. The highest BCUT2D eigenvalue weighted by Crippen LogP contribution is 2.56. The van der Waals surface area contributed by atoms with Gasteiger partial charge in [0.25, 0.3) is 0 Å². The molecule has 0 radical (unpaired) electrons. The predicted octanol–water partition coefficient (Wildman–Crippen LogP) is 6.67. The van der Waals surface area contributed by atoms with Crippen LogP contribution in [0.3, 0.4) is 0 Å². The van der Waals surface area contributed by atoms with E-state index in [4.69, 9.17) is 4.74 Å². The Kier molecular flexibility index (Phi) is 5.12. The third kappa shape index (κ3) is 3.60. The Morgan fingerprint density at radius 1 is 1.19 bits per heavy atom. The number of carboxylic acids is 1. The minimum absolute atomic E-state index is 0.101. The molecule has 1 aliphatic heterocycles. The fourth-order valence-electron chi connectivity index (χ4n) is 5.14. The number of allylic oxidation sites excluding steroid dienone is 6. The van der Waals surface area contributed by atoms with Crippen LogP contribution < -0.4 is 4.74 Å². The Labute approximate surface area is 185 Å².